The Morgan fingerprint density at radius 3 is 2.68 bits per heavy atom. The van der Waals surface area contributed by atoms with E-state index in [1.807, 2.05) is 60.9 Å². The normalized spacial score (nSPS) is 16.9. The third kappa shape index (κ3) is 5.14. The Labute approximate surface area is 187 Å². The molecule has 31 heavy (non-hydrogen) atoms. The average molecular weight is 434 g/mol. The molecule has 1 aromatic heterocycles. The topological polar surface area (TPSA) is 62.3 Å². The minimum absolute atomic E-state index is 0.0284. The van der Waals surface area contributed by atoms with Crippen molar-refractivity contribution in [3.05, 3.63) is 65.9 Å². The standard InChI is InChI=1S/C25H27N3O2S/c1-17(29)26-23-6-3-7-24-22(23)13-10-20(27-24)16-28-14-4-5-19(15-28)25(30)18-8-11-21(31-2)12-9-18/h3,6-13,19H,4-5,14-16H2,1-2H3,(H,26,29). The first-order chi connectivity index (χ1) is 15.0. The molecule has 1 unspecified atom stereocenters. The fraction of sp³-hybridized carbons (Fsp3) is 0.320. The van der Waals surface area contributed by atoms with E-state index in [4.69, 9.17) is 4.98 Å². The molecule has 5 nitrogen and oxygen atoms in total. The number of pyridine rings is 1. The molecule has 3 aromatic rings. The number of aromatic nitrogens is 1. The summed E-state index contributed by atoms with van der Waals surface area (Å²) in [6.07, 6.45) is 3.99. The highest BCUT2D eigenvalue weighted by molar-refractivity contribution is 7.98. The van der Waals surface area contributed by atoms with Crippen LogP contribution in [-0.2, 0) is 11.3 Å². The van der Waals surface area contributed by atoms with Crippen LogP contribution in [0.25, 0.3) is 10.9 Å². The molecule has 1 atom stereocenters. The van der Waals surface area contributed by atoms with Crippen molar-refractivity contribution in [3.8, 4) is 0 Å². The lowest BCUT2D eigenvalue weighted by Gasteiger charge is -2.31. The number of carbonyl (C=O) groups is 2. The van der Waals surface area contributed by atoms with Gasteiger partial charge in [-0.05, 0) is 62.0 Å². The molecule has 6 heteroatoms. The van der Waals surface area contributed by atoms with Gasteiger partial charge in [0.15, 0.2) is 5.78 Å². The maximum Gasteiger partial charge on any atom is 0.221 e. The lowest BCUT2D eigenvalue weighted by Crippen LogP contribution is -2.38. The zero-order chi connectivity index (χ0) is 21.8. The van der Waals surface area contributed by atoms with Gasteiger partial charge in [0.2, 0.25) is 5.91 Å². The number of carbonyl (C=O) groups excluding carboxylic acids is 2. The van der Waals surface area contributed by atoms with Crippen molar-refractivity contribution in [1.29, 1.82) is 0 Å². The molecule has 1 aliphatic rings. The molecule has 160 valence electrons. The van der Waals surface area contributed by atoms with Gasteiger partial charge in [-0.2, -0.15) is 0 Å². The number of nitrogens with zero attached hydrogens (tertiary/aromatic N) is 2. The van der Waals surface area contributed by atoms with E-state index in [0.717, 1.165) is 60.3 Å². The number of fused-ring (bicyclic) bond motifs is 1. The number of likely N-dealkylation sites (tertiary alicyclic amines) is 1. The van der Waals surface area contributed by atoms with E-state index >= 15 is 0 Å². The quantitative estimate of drug-likeness (QED) is 0.437. The van der Waals surface area contributed by atoms with Gasteiger partial charge in [-0.1, -0.05) is 18.2 Å². The summed E-state index contributed by atoms with van der Waals surface area (Å²) in [5, 5.41) is 3.79. The van der Waals surface area contributed by atoms with E-state index in [0.29, 0.717) is 0 Å². The summed E-state index contributed by atoms with van der Waals surface area (Å²) in [6, 6.07) is 17.7. The van der Waals surface area contributed by atoms with Crippen molar-refractivity contribution in [1.82, 2.24) is 9.88 Å². The molecule has 1 aliphatic heterocycles. The maximum absolute atomic E-state index is 13.0. The highest BCUT2D eigenvalue weighted by atomic mass is 32.2. The number of amides is 1. The van der Waals surface area contributed by atoms with Gasteiger partial charge in [0.25, 0.3) is 0 Å². The third-order valence-corrected chi connectivity index (χ3v) is 6.48. The summed E-state index contributed by atoms with van der Waals surface area (Å²) in [6.45, 7) is 3.96. The largest absolute Gasteiger partial charge is 0.326 e. The number of piperidine rings is 1. The second-order valence-electron chi connectivity index (χ2n) is 8.02. The van der Waals surface area contributed by atoms with Crippen LogP contribution in [0.3, 0.4) is 0 Å². The summed E-state index contributed by atoms with van der Waals surface area (Å²) in [5.74, 6) is 0.174. The molecule has 0 bridgehead atoms. The first kappa shape index (κ1) is 21.5. The Hall–Kier alpha value is -2.70. The molecule has 4 rings (SSSR count). The van der Waals surface area contributed by atoms with Gasteiger partial charge in [-0.3, -0.25) is 19.5 Å². The van der Waals surface area contributed by atoms with Gasteiger partial charge >= 0.3 is 0 Å². The first-order valence-corrected chi connectivity index (χ1v) is 11.8. The minimum atomic E-state index is -0.0938. The van der Waals surface area contributed by atoms with E-state index in [1.165, 1.54) is 11.8 Å². The molecule has 0 aliphatic carbocycles. The predicted molar refractivity (Wildman–Crippen MR) is 127 cm³/mol. The smallest absolute Gasteiger partial charge is 0.221 e. The van der Waals surface area contributed by atoms with Gasteiger partial charge in [-0.25, -0.2) is 0 Å². The molecular weight excluding hydrogens is 406 g/mol. The van der Waals surface area contributed by atoms with E-state index in [9.17, 15) is 9.59 Å². The number of hydrogen-bond acceptors (Lipinski definition) is 5. The lowest BCUT2D eigenvalue weighted by molar-refractivity contribution is -0.114. The Morgan fingerprint density at radius 2 is 1.94 bits per heavy atom. The zero-order valence-electron chi connectivity index (χ0n) is 17.9. The van der Waals surface area contributed by atoms with Crippen molar-refractivity contribution < 1.29 is 9.59 Å². The summed E-state index contributed by atoms with van der Waals surface area (Å²) >= 11 is 1.68. The van der Waals surface area contributed by atoms with Crippen LogP contribution >= 0.6 is 11.8 Å². The van der Waals surface area contributed by atoms with Crippen LogP contribution in [0.1, 0.15) is 35.8 Å². The molecule has 1 saturated heterocycles. The van der Waals surface area contributed by atoms with E-state index in [1.54, 1.807) is 11.8 Å². The molecule has 1 N–H and O–H groups in total. The minimum Gasteiger partial charge on any atom is -0.326 e. The fourth-order valence-corrected chi connectivity index (χ4v) is 4.63. The highest BCUT2D eigenvalue weighted by Gasteiger charge is 2.26. The van der Waals surface area contributed by atoms with Crippen LogP contribution in [0.4, 0.5) is 5.69 Å². The number of ketones is 1. The van der Waals surface area contributed by atoms with Gasteiger partial charge in [0, 0.05) is 41.8 Å². The number of rotatable bonds is 6. The van der Waals surface area contributed by atoms with Crippen LogP contribution in [-0.4, -0.2) is 40.9 Å². The average Bonchev–Trinajstić information content (AvgIpc) is 2.78. The second-order valence-corrected chi connectivity index (χ2v) is 8.90. The number of benzene rings is 2. The summed E-state index contributed by atoms with van der Waals surface area (Å²) in [5.41, 5.74) is 3.42. The highest BCUT2D eigenvalue weighted by Crippen LogP contribution is 2.26. The van der Waals surface area contributed by atoms with Crippen molar-refractivity contribution in [3.63, 3.8) is 0 Å². The summed E-state index contributed by atoms with van der Waals surface area (Å²) < 4.78 is 0. The van der Waals surface area contributed by atoms with Crippen LogP contribution in [0.2, 0.25) is 0 Å². The van der Waals surface area contributed by atoms with Crippen molar-refractivity contribution >= 4 is 40.0 Å². The first-order valence-electron chi connectivity index (χ1n) is 10.6. The van der Waals surface area contributed by atoms with Crippen LogP contribution in [0.5, 0.6) is 0 Å². The second kappa shape index (κ2) is 9.62. The van der Waals surface area contributed by atoms with Gasteiger partial charge < -0.3 is 5.32 Å². The lowest BCUT2D eigenvalue weighted by atomic mass is 9.90. The molecule has 0 radical (unpaired) electrons. The Kier molecular flexibility index (Phi) is 6.68. The molecular formula is C25H27N3O2S. The van der Waals surface area contributed by atoms with E-state index in [-0.39, 0.29) is 17.6 Å². The maximum atomic E-state index is 13.0. The Balaban J connectivity index is 1.45. The number of anilines is 1. The van der Waals surface area contributed by atoms with E-state index in [2.05, 4.69) is 10.2 Å². The molecule has 1 amide bonds. The molecule has 0 spiro atoms. The molecule has 1 fully saturated rings. The summed E-state index contributed by atoms with van der Waals surface area (Å²) in [7, 11) is 0. The fourth-order valence-electron chi connectivity index (χ4n) is 4.22. The molecule has 0 saturated carbocycles. The van der Waals surface area contributed by atoms with Gasteiger partial charge in [-0.15, -0.1) is 11.8 Å². The van der Waals surface area contributed by atoms with Crippen molar-refractivity contribution in [2.45, 2.75) is 31.2 Å². The number of thioether (sulfide) groups is 1. The predicted octanol–water partition coefficient (Wildman–Crippen LogP) is 5.01. The Morgan fingerprint density at radius 1 is 1.13 bits per heavy atom. The van der Waals surface area contributed by atoms with Crippen molar-refractivity contribution in [2.24, 2.45) is 5.92 Å². The van der Waals surface area contributed by atoms with Gasteiger partial charge in [0.05, 0.1) is 16.9 Å². The third-order valence-electron chi connectivity index (χ3n) is 5.74. The zero-order valence-corrected chi connectivity index (χ0v) is 18.7. The van der Waals surface area contributed by atoms with E-state index < -0.39 is 0 Å². The van der Waals surface area contributed by atoms with Crippen LogP contribution < -0.4 is 5.32 Å². The summed E-state index contributed by atoms with van der Waals surface area (Å²) in [4.78, 5) is 32.8. The number of Topliss-reactive ketones (excluding diaryl/α,β-unsaturated/α-hetero) is 1. The number of hydrogen-bond donors (Lipinski definition) is 1. The number of nitrogens with one attached hydrogen (secondary N) is 1. The monoisotopic (exact) mass is 433 g/mol. The Bertz CT molecular complexity index is 1100. The van der Waals surface area contributed by atoms with Crippen LogP contribution in [0, 0.1) is 5.92 Å². The molecule has 2 heterocycles. The molecule has 2 aromatic carbocycles. The SMILES string of the molecule is CSc1ccc(C(=O)C2CCCN(Cc3ccc4c(NC(C)=O)cccc4n3)C2)cc1. The van der Waals surface area contributed by atoms with Gasteiger partial charge in [0.1, 0.15) is 0 Å². The van der Waals surface area contributed by atoms with Crippen LogP contribution in [0.15, 0.2) is 59.5 Å². The van der Waals surface area contributed by atoms with Crippen molar-refractivity contribution in [2.75, 3.05) is 24.7 Å².